The molecule has 2 amide bonds. The zero-order valence-corrected chi connectivity index (χ0v) is 15.8. The van der Waals surface area contributed by atoms with Crippen molar-refractivity contribution in [1.29, 1.82) is 0 Å². The van der Waals surface area contributed by atoms with Gasteiger partial charge in [-0.15, -0.1) is 0 Å². The Morgan fingerprint density at radius 1 is 1.19 bits per heavy atom. The Hall–Kier alpha value is -2.63. The number of rotatable bonds is 6. The Balaban J connectivity index is 2.53. The van der Waals surface area contributed by atoms with Gasteiger partial charge in [-0.05, 0) is 18.4 Å². The van der Waals surface area contributed by atoms with Crippen LogP contribution in [-0.2, 0) is 19.1 Å². The highest BCUT2D eigenvalue weighted by Crippen LogP contribution is 2.30. The van der Waals surface area contributed by atoms with Crippen molar-refractivity contribution in [2.45, 2.75) is 40.2 Å². The molecule has 2 atom stereocenters. The lowest BCUT2D eigenvalue weighted by molar-refractivity contribution is -0.150. The van der Waals surface area contributed by atoms with Crippen molar-refractivity contribution in [2.75, 3.05) is 13.2 Å². The smallest absolute Gasteiger partial charge is 0.326 e. The predicted octanol–water partition coefficient (Wildman–Crippen LogP) is 2.65. The van der Waals surface area contributed by atoms with Gasteiger partial charge in [0, 0.05) is 13.1 Å². The van der Waals surface area contributed by atoms with Gasteiger partial charge in [-0.25, -0.2) is 0 Å². The highest BCUT2D eigenvalue weighted by atomic mass is 16.5. The highest BCUT2D eigenvalue weighted by molar-refractivity contribution is 5.98. The molecule has 0 aliphatic carbocycles. The number of hydrogen-bond donors (Lipinski definition) is 0. The molecular formula is C20H26N2O4. The fourth-order valence-electron chi connectivity index (χ4n) is 3.04. The van der Waals surface area contributed by atoms with Gasteiger partial charge in [-0.3, -0.25) is 19.3 Å². The van der Waals surface area contributed by atoms with Crippen LogP contribution in [0.5, 0.6) is 0 Å². The van der Waals surface area contributed by atoms with Gasteiger partial charge >= 0.3 is 5.97 Å². The zero-order chi connectivity index (χ0) is 19.3. The van der Waals surface area contributed by atoms with E-state index in [0.29, 0.717) is 5.70 Å². The van der Waals surface area contributed by atoms with Crippen molar-refractivity contribution >= 4 is 23.5 Å². The third kappa shape index (κ3) is 4.12. The van der Waals surface area contributed by atoms with E-state index in [9.17, 15) is 14.4 Å². The van der Waals surface area contributed by atoms with Crippen LogP contribution in [0.2, 0.25) is 0 Å². The highest BCUT2D eigenvalue weighted by Gasteiger charge is 2.40. The van der Waals surface area contributed by atoms with Gasteiger partial charge in [0.05, 0.1) is 12.3 Å². The van der Waals surface area contributed by atoms with E-state index in [-0.39, 0.29) is 30.9 Å². The molecule has 26 heavy (non-hydrogen) atoms. The number of esters is 1. The van der Waals surface area contributed by atoms with Gasteiger partial charge in [0.25, 0.3) is 5.91 Å². The van der Waals surface area contributed by atoms with Crippen LogP contribution in [0.3, 0.4) is 0 Å². The summed E-state index contributed by atoms with van der Waals surface area (Å²) in [6, 6.07) is 8.64. The van der Waals surface area contributed by atoms with Gasteiger partial charge in [-0.1, -0.05) is 50.6 Å². The molecule has 0 aromatic heterocycles. The standard InChI is InChI=1S/C20H26N2O4/c1-5-14(3)19-20(25)22(13-18(24)26-6-2)17(12-21(19)15(4)23)16-10-8-7-9-11-16/h7-12,14,19H,5-6,13H2,1-4H3. The maximum absolute atomic E-state index is 13.2. The average Bonchev–Trinajstić information content (AvgIpc) is 2.63. The Morgan fingerprint density at radius 2 is 1.85 bits per heavy atom. The fraction of sp³-hybridized carbons (Fsp3) is 0.450. The van der Waals surface area contributed by atoms with Crippen LogP contribution in [0.1, 0.15) is 39.7 Å². The molecule has 6 heteroatoms. The van der Waals surface area contributed by atoms with E-state index in [1.54, 1.807) is 13.1 Å². The minimum absolute atomic E-state index is 0.0373. The van der Waals surface area contributed by atoms with E-state index in [0.717, 1.165) is 12.0 Å². The lowest BCUT2D eigenvalue weighted by Gasteiger charge is -2.41. The van der Waals surface area contributed by atoms with Crippen LogP contribution in [-0.4, -0.2) is 46.8 Å². The number of benzene rings is 1. The first-order chi connectivity index (χ1) is 12.4. The first-order valence-corrected chi connectivity index (χ1v) is 8.93. The molecule has 6 nitrogen and oxygen atoms in total. The van der Waals surface area contributed by atoms with Gasteiger partial charge in [0.15, 0.2) is 0 Å². The van der Waals surface area contributed by atoms with Crippen molar-refractivity contribution < 1.29 is 19.1 Å². The molecule has 0 saturated heterocycles. The summed E-state index contributed by atoms with van der Waals surface area (Å²) in [5.41, 5.74) is 1.29. The van der Waals surface area contributed by atoms with Crippen molar-refractivity contribution in [3.63, 3.8) is 0 Å². The lowest BCUT2D eigenvalue weighted by Crippen LogP contribution is -2.55. The lowest BCUT2D eigenvalue weighted by atomic mass is 9.93. The summed E-state index contributed by atoms with van der Waals surface area (Å²) in [4.78, 5) is 40.4. The van der Waals surface area contributed by atoms with Gasteiger partial charge in [-0.2, -0.15) is 0 Å². The van der Waals surface area contributed by atoms with Crippen molar-refractivity contribution in [2.24, 2.45) is 5.92 Å². The molecule has 1 aromatic rings. The molecule has 0 spiro atoms. The normalized spacial score (nSPS) is 18.4. The zero-order valence-electron chi connectivity index (χ0n) is 15.8. The SMILES string of the molecule is CCOC(=O)CN1C(=O)C(C(C)CC)N(C(C)=O)C=C1c1ccccc1. The molecule has 1 aromatic carbocycles. The molecule has 0 N–H and O–H groups in total. The van der Waals surface area contributed by atoms with Crippen LogP contribution in [0, 0.1) is 5.92 Å². The maximum Gasteiger partial charge on any atom is 0.326 e. The van der Waals surface area contributed by atoms with Crippen molar-refractivity contribution in [3.8, 4) is 0 Å². The number of nitrogens with zero attached hydrogens (tertiary/aromatic N) is 2. The predicted molar refractivity (Wildman–Crippen MR) is 98.5 cm³/mol. The second kappa shape index (κ2) is 8.65. The van der Waals surface area contributed by atoms with Crippen LogP contribution >= 0.6 is 0 Å². The molecule has 0 radical (unpaired) electrons. The number of carbonyl (C=O) groups excluding carboxylic acids is 3. The molecule has 0 fully saturated rings. The summed E-state index contributed by atoms with van der Waals surface area (Å²) in [6.07, 6.45) is 2.41. The van der Waals surface area contributed by atoms with E-state index < -0.39 is 12.0 Å². The number of hydrogen-bond acceptors (Lipinski definition) is 4. The quantitative estimate of drug-likeness (QED) is 0.733. The summed E-state index contributed by atoms with van der Waals surface area (Å²) >= 11 is 0. The van der Waals surface area contributed by atoms with E-state index in [2.05, 4.69) is 0 Å². The van der Waals surface area contributed by atoms with E-state index in [4.69, 9.17) is 4.74 Å². The van der Waals surface area contributed by atoms with Crippen LogP contribution in [0.25, 0.3) is 5.70 Å². The molecular weight excluding hydrogens is 332 g/mol. The third-order valence-electron chi connectivity index (χ3n) is 4.58. The van der Waals surface area contributed by atoms with Crippen LogP contribution in [0.15, 0.2) is 36.5 Å². The second-order valence-corrected chi connectivity index (χ2v) is 6.37. The first kappa shape index (κ1) is 19.7. The summed E-state index contributed by atoms with van der Waals surface area (Å²) in [7, 11) is 0. The number of ether oxygens (including phenoxy) is 1. The summed E-state index contributed by atoms with van der Waals surface area (Å²) < 4.78 is 5.03. The monoisotopic (exact) mass is 358 g/mol. The molecule has 140 valence electrons. The summed E-state index contributed by atoms with van der Waals surface area (Å²) in [5.74, 6) is -0.969. The van der Waals surface area contributed by atoms with Gasteiger partial charge in [0.1, 0.15) is 12.6 Å². The topological polar surface area (TPSA) is 66.9 Å². The van der Waals surface area contributed by atoms with Crippen molar-refractivity contribution in [1.82, 2.24) is 9.80 Å². The Bertz CT molecular complexity index is 699. The van der Waals surface area contributed by atoms with Crippen LogP contribution in [0.4, 0.5) is 0 Å². The molecule has 1 aliphatic heterocycles. The third-order valence-corrected chi connectivity index (χ3v) is 4.58. The Kier molecular flexibility index (Phi) is 6.55. The maximum atomic E-state index is 13.2. The average molecular weight is 358 g/mol. The van der Waals surface area contributed by atoms with E-state index in [1.807, 2.05) is 44.2 Å². The summed E-state index contributed by atoms with van der Waals surface area (Å²) in [5, 5.41) is 0. The van der Waals surface area contributed by atoms with Crippen LogP contribution < -0.4 is 0 Å². The summed E-state index contributed by atoms with van der Waals surface area (Å²) in [6.45, 7) is 7.16. The molecule has 0 bridgehead atoms. The minimum Gasteiger partial charge on any atom is -0.465 e. The van der Waals surface area contributed by atoms with Crippen molar-refractivity contribution in [3.05, 3.63) is 42.1 Å². The Morgan fingerprint density at radius 3 is 2.38 bits per heavy atom. The molecule has 2 unspecified atom stereocenters. The largest absolute Gasteiger partial charge is 0.465 e. The molecule has 1 heterocycles. The Labute approximate surface area is 154 Å². The van der Waals surface area contributed by atoms with Gasteiger partial charge in [0.2, 0.25) is 5.91 Å². The number of carbonyl (C=O) groups is 3. The molecule has 0 saturated carbocycles. The molecule has 2 rings (SSSR count). The first-order valence-electron chi connectivity index (χ1n) is 8.93. The second-order valence-electron chi connectivity index (χ2n) is 6.37. The fourth-order valence-corrected chi connectivity index (χ4v) is 3.04. The van der Waals surface area contributed by atoms with Gasteiger partial charge < -0.3 is 9.64 Å². The minimum atomic E-state index is -0.626. The van der Waals surface area contributed by atoms with E-state index in [1.165, 1.54) is 16.7 Å². The number of amides is 2. The van der Waals surface area contributed by atoms with E-state index >= 15 is 0 Å². The molecule has 1 aliphatic rings.